The topological polar surface area (TPSA) is 108 Å². The maximum absolute atomic E-state index is 11.6. The lowest BCUT2D eigenvalue weighted by molar-refractivity contribution is -0.170. The Hall–Kier alpha value is -2.16. The summed E-state index contributed by atoms with van der Waals surface area (Å²) in [6, 6.07) is -0.615. The van der Waals surface area contributed by atoms with Gasteiger partial charge in [0.15, 0.2) is 12.2 Å². The summed E-state index contributed by atoms with van der Waals surface area (Å²) in [5.41, 5.74) is 0. The van der Waals surface area contributed by atoms with Gasteiger partial charge in [0, 0.05) is 40.3 Å². The molecule has 0 aromatic carbocycles. The van der Waals surface area contributed by atoms with Crippen LogP contribution in [0.2, 0.25) is 0 Å². The summed E-state index contributed by atoms with van der Waals surface area (Å²) in [7, 11) is 0. The average Bonchev–Trinajstić information content (AvgIpc) is 2.83. The Bertz CT molecular complexity index is 577. The van der Waals surface area contributed by atoms with E-state index in [1.807, 2.05) is 4.90 Å². The fraction of sp³-hybridized carbons (Fsp3) is 0.765. The lowest BCUT2D eigenvalue weighted by atomic mass is 9.92. The first-order valence-electron chi connectivity index (χ1n) is 8.59. The molecule has 0 spiro atoms. The summed E-state index contributed by atoms with van der Waals surface area (Å²) in [4.78, 5) is 47.6. The SMILES string of the molecule is CC(=O)OC[C@H]1CC[C@H](OC(C)=O)[C@H]2[C@H](OC(C)=O)[C@@H](OC(C)=O)CN12. The van der Waals surface area contributed by atoms with Crippen molar-refractivity contribution in [2.24, 2.45) is 0 Å². The molecule has 5 atom stereocenters. The van der Waals surface area contributed by atoms with E-state index in [1.54, 1.807) is 0 Å². The molecule has 2 aliphatic rings. The first kappa shape index (κ1) is 20.2. The van der Waals surface area contributed by atoms with Gasteiger partial charge in [-0.2, -0.15) is 0 Å². The van der Waals surface area contributed by atoms with Crippen LogP contribution in [0.15, 0.2) is 0 Å². The number of rotatable bonds is 5. The lowest BCUT2D eigenvalue weighted by Gasteiger charge is -2.42. The van der Waals surface area contributed by atoms with E-state index >= 15 is 0 Å². The number of nitrogens with zero attached hydrogens (tertiary/aromatic N) is 1. The molecule has 9 nitrogen and oxygen atoms in total. The summed E-state index contributed by atoms with van der Waals surface area (Å²) in [6.07, 6.45) is -0.803. The van der Waals surface area contributed by atoms with Crippen LogP contribution in [0.3, 0.4) is 0 Å². The predicted octanol–water partition coefficient (Wildman–Crippen LogP) is 0.191. The summed E-state index contributed by atoms with van der Waals surface area (Å²) < 4.78 is 21.3. The molecule has 0 bridgehead atoms. The molecule has 2 saturated heterocycles. The fourth-order valence-corrected chi connectivity index (χ4v) is 3.74. The molecule has 0 unspecified atom stereocenters. The van der Waals surface area contributed by atoms with Crippen LogP contribution in [0.5, 0.6) is 0 Å². The Labute approximate surface area is 151 Å². The third kappa shape index (κ3) is 4.94. The zero-order valence-corrected chi connectivity index (χ0v) is 15.4. The van der Waals surface area contributed by atoms with Gasteiger partial charge in [-0.1, -0.05) is 0 Å². The number of ether oxygens (including phenoxy) is 4. The van der Waals surface area contributed by atoms with Crippen LogP contribution < -0.4 is 0 Å². The van der Waals surface area contributed by atoms with Gasteiger partial charge in [0.1, 0.15) is 12.7 Å². The van der Waals surface area contributed by atoms with Gasteiger partial charge in [-0.25, -0.2) is 0 Å². The molecule has 2 rings (SSSR count). The smallest absolute Gasteiger partial charge is 0.303 e. The second kappa shape index (κ2) is 8.48. The predicted molar refractivity (Wildman–Crippen MR) is 86.8 cm³/mol. The highest BCUT2D eigenvalue weighted by Gasteiger charge is 2.54. The Morgan fingerprint density at radius 2 is 1.38 bits per heavy atom. The van der Waals surface area contributed by atoms with Gasteiger partial charge >= 0.3 is 23.9 Å². The first-order chi connectivity index (χ1) is 12.2. The van der Waals surface area contributed by atoms with E-state index in [9.17, 15) is 19.2 Å². The number of esters is 4. The minimum atomic E-state index is -0.763. The monoisotopic (exact) mass is 371 g/mol. The van der Waals surface area contributed by atoms with Gasteiger partial charge in [0.05, 0.1) is 6.04 Å². The molecule has 0 aromatic rings. The van der Waals surface area contributed by atoms with Gasteiger partial charge in [0.25, 0.3) is 0 Å². The van der Waals surface area contributed by atoms with E-state index in [-0.39, 0.29) is 12.6 Å². The van der Waals surface area contributed by atoms with E-state index in [0.717, 1.165) is 0 Å². The maximum Gasteiger partial charge on any atom is 0.303 e. The molecule has 0 N–H and O–H groups in total. The standard InChI is InChI=1S/C17H25NO8/c1-9(19)23-8-13-5-6-14(24-10(2)20)16-17(26-12(4)22)15(7-18(13)16)25-11(3)21/h13-17H,5-8H2,1-4H3/t13-,14+,15+,16+,17-/m1/s1. The van der Waals surface area contributed by atoms with Crippen molar-refractivity contribution in [3.63, 3.8) is 0 Å². The molecular formula is C17H25NO8. The van der Waals surface area contributed by atoms with Gasteiger partial charge in [-0.3, -0.25) is 24.1 Å². The average molecular weight is 371 g/mol. The first-order valence-corrected chi connectivity index (χ1v) is 8.59. The van der Waals surface area contributed by atoms with Crippen LogP contribution in [0.25, 0.3) is 0 Å². The zero-order chi connectivity index (χ0) is 19.4. The molecule has 0 amide bonds. The van der Waals surface area contributed by atoms with Gasteiger partial charge in [-0.15, -0.1) is 0 Å². The van der Waals surface area contributed by atoms with Gasteiger partial charge in [-0.05, 0) is 12.8 Å². The Morgan fingerprint density at radius 1 is 0.808 bits per heavy atom. The summed E-state index contributed by atoms with van der Waals surface area (Å²) in [5.74, 6) is -1.84. The second-order valence-electron chi connectivity index (χ2n) is 6.59. The van der Waals surface area contributed by atoms with E-state index in [0.29, 0.717) is 19.4 Å². The Kier molecular flexibility index (Phi) is 6.57. The highest BCUT2D eigenvalue weighted by atomic mass is 16.6. The van der Waals surface area contributed by atoms with Crippen LogP contribution in [0.1, 0.15) is 40.5 Å². The van der Waals surface area contributed by atoms with Crippen molar-refractivity contribution in [1.29, 1.82) is 0 Å². The summed E-state index contributed by atoms with van der Waals surface area (Å²) in [5, 5.41) is 0. The zero-order valence-electron chi connectivity index (χ0n) is 15.4. The molecular weight excluding hydrogens is 346 g/mol. The van der Waals surface area contributed by atoms with Crippen molar-refractivity contribution >= 4 is 23.9 Å². The molecule has 0 aliphatic carbocycles. The summed E-state index contributed by atoms with van der Waals surface area (Å²) >= 11 is 0. The molecule has 0 saturated carbocycles. The molecule has 2 aliphatic heterocycles. The lowest BCUT2D eigenvalue weighted by Crippen LogP contribution is -2.56. The Balaban J connectivity index is 2.28. The van der Waals surface area contributed by atoms with Crippen molar-refractivity contribution in [3.8, 4) is 0 Å². The van der Waals surface area contributed by atoms with E-state index in [1.165, 1.54) is 27.7 Å². The molecule has 0 radical (unpaired) electrons. The van der Waals surface area contributed by atoms with E-state index < -0.39 is 48.2 Å². The largest absolute Gasteiger partial charge is 0.464 e. The van der Waals surface area contributed by atoms with E-state index in [2.05, 4.69) is 0 Å². The van der Waals surface area contributed by atoms with Crippen LogP contribution in [-0.2, 0) is 38.1 Å². The quantitative estimate of drug-likeness (QED) is 0.494. The van der Waals surface area contributed by atoms with Crippen LogP contribution in [0.4, 0.5) is 0 Å². The molecule has 26 heavy (non-hydrogen) atoms. The van der Waals surface area contributed by atoms with Crippen LogP contribution in [0, 0.1) is 0 Å². The van der Waals surface area contributed by atoms with Crippen molar-refractivity contribution in [1.82, 2.24) is 4.90 Å². The molecule has 146 valence electrons. The number of hydrogen-bond acceptors (Lipinski definition) is 9. The molecule has 9 heteroatoms. The van der Waals surface area contributed by atoms with Crippen molar-refractivity contribution in [2.45, 2.75) is 70.9 Å². The van der Waals surface area contributed by atoms with E-state index in [4.69, 9.17) is 18.9 Å². The molecule has 2 heterocycles. The molecule has 0 aromatic heterocycles. The number of carbonyl (C=O) groups is 4. The Morgan fingerprint density at radius 3 is 1.92 bits per heavy atom. The normalized spacial score (nSPS) is 30.8. The minimum absolute atomic E-state index is 0.144. The highest BCUT2D eigenvalue weighted by Crippen LogP contribution is 2.36. The number of hydrogen-bond donors (Lipinski definition) is 0. The number of carbonyl (C=O) groups excluding carboxylic acids is 4. The number of piperidine rings is 1. The van der Waals surface area contributed by atoms with Crippen molar-refractivity contribution < 1.29 is 38.1 Å². The van der Waals surface area contributed by atoms with Gasteiger partial charge < -0.3 is 18.9 Å². The highest BCUT2D eigenvalue weighted by molar-refractivity contribution is 5.68. The van der Waals surface area contributed by atoms with Gasteiger partial charge in [0.2, 0.25) is 0 Å². The van der Waals surface area contributed by atoms with Crippen molar-refractivity contribution in [2.75, 3.05) is 13.2 Å². The van der Waals surface area contributed by atoms with Crippen LogP contribution in [-0.4, -0.2) is 72.3 Å². The minimum Gasteiger partial charge on any atom is -0.464 e. The maximum atomic E-state index is 11.6. The van der Waals surface area contributed by atoms with Crippen LogP contribution >= 0.6 is 0 Å². The second-order valence-corrected chi connectivity index (χ2v) is 6.59. The fourth-order valence-electron chi connectivity index (χ4n) is 3.74. The molecule has 2 fully saturated rings. The number of fused-ring (bicyclic) bond motifs is 1. The third-order valence-corrected chi connectivity index (χ3v) is 4.53. The van der Waals surface area contributed by atoms with Crippen molar-refractivity contribution in [3.05, 3.63) is 0 Å². The third-order valence-electron chi connectivity index (χ3n) is 4.53. The summed E-state index contributed by atoms with van der Waals surface area (Å²) in [6.45, 7) is 5.66.